The smallest absolute Gasteiger partial charge is 0.0180 e. The van der Waals surface area contributed by atoms with Crippen molar-refractivity contribution in [2.75, 3.05) is 32.1 Å². The first-order valence-corrected chi connectivity index (χ1v) is 6.54. The maximum absolute atomic E-state index is 5.46. The fourth-order valence-electron chi connectivity index (χ4n) is 1.44. The van der Waals surface area contributed by atoms with E-state index in [1.165, 1.54) is 25.1 Å². The highest BCUT2D eigenvalue weighted by atomic mass is 32.2. The van der Waals surface area contributed by atoms with Crippen molar-refractivity contribution in [2.45, 2.75) is 32.2 Å². The maximum atomic E-state index is 5.46. The van der Waals surface area contributed by atoms with E-state index in [0.29, 0.717) is 0 Å². The summed E-state index contributed by atoms with van der Waals surface area (Å²) < 4.78 is 0. The van der Waals surface area contributed by atoms with E-state index in [0.717, 1.165) is 19.0 Å². The monoisotopic (exact) mass is 204 g/mol. The van der Waals surface area contributed by atoms with Gasteiger partial charge in [0.2, 0.25) is 0 Å². The van der Waals surface area contributed by atoms with Crippen LogP contribution in [0.1, 0.15) is 26.2 Å². The summed E-state index contributed by atoms with van der Waals surface area (Å²) >= 11 is 1.94. The highest BCUT2D eigenvalue weighted by Gasteiger charge is 2.10. The largest absolute Gasteiger partial charge is 0.330 e. The first kappa shape index (κ1) is 13.3. The van der Waals surface area contributed by atoms with E-state index in [9.17, 15) is 0 Å². The Hall–Kier alpha value is 0.270. The second-order valence-electron chi connectivity index (χ2n) is 3.49. The van der Waals surface area contributed by atoms with Gasteiger partial charge < -0.3 is 10.6 Å². The Morgan fingerprint density at radius 3 is 2.54 bits per heavy atom. The Kier molecular flexibility index (Phi) is 9.03. The fourth-order valence-corrected chi connectivity index (χ4v) is 2.31. The summed E-state index contributed by atoms with van der Waals surface area (Å²) in [6.07, 6.45) is 5.81. The topological polar surface area (TPSA) is 29.3 Å². The number of hydrogen-bond donors (Lipinski definition) is 1. The number of hydrogen-bond acceptors (Lipinski definition) is 3. The van der Waals surface area contributed by atoms with Crippen LogP contribution in [0.5, 0.6) is 0 Å². The lowest BCUT2D eigenvalue weighted by atomic mass is 10.2. The van der Waals surface area contributed by atoms with E-state index in [2.05, 4.69) is 25.1 Å². The van der Waals surface area contributed by atoms with Gasteiger partial charge in [-0.1, -0.05) is 6.92 Å². The molecule has 0 saturated carbocycles. The molecule has 0 aliphatic heterocycles. The number of nitrogens with two attached hydrogens (primary N) is 1. The SMILES string of the molecule is CCC(CSC)N(C)CCCCN. The summed E-state index contributed by atoms with van der Waals surface area (Å²) in [5, 5.41) is 0. The first-order valence-electron chi connectivity index (χ1n) is 5.15. The minimum atomic E-state index is 0.743. The molecule has 0 amide bonds. The molecular formula is C10H24N2S. The van der Waals surface area contributed by atoms with Gasteiger partial charge in [-0.3, -0.25) is 0 Å². The van der Waals surface area contributed by atoms with Crippen molar-refractivity contribution in [3.8, 4) is 0 Å². The minimum absolute atomic E-state index is 0.743. The highest BCUT2D eigenvalue weighted by Crippen LogP contribution is 2.08. The molecule has 0 rings (SSSR count). The van der Waals surface area contributed by atoms with Crippen LogP contribution in [0.3, 0.4) is 0 Å². The van der Waals surface area contributed by atoms with Gasteiger partial charge in [-0.25, -0.2) is 0 Å². The van der Waals surface area contributed by atoms with Crippen molar-refractivity contribution in [3.05, 3.63) is 0 Å². The third-order valence-electron chi connectivity index (χ3n) is 2.42. The Labute approximate surface area is 87.2 Å². The number of unbranched alkanes of at least 4 members (excludes halogenated alkanes) is 1. The molecule has 2 N–H and O–H groups in total. The predicted molar refractivity (Wildman–Crippen MR) is 63.4 cm³/mol. The molecule has 13 heavy (non-hydrogen) atoms. The Morgan fingerprint density at radius 1 is 1.38 bits per heavy atom. The summed E-state index contributed by atoms with van der Waals surface area (Å²) in [5.74, 6) is 1.25. The lowest BCUT2D eigenvalue weighted by Gasteiger charge is -2.26. The van der Waals surface area contributed by atoms with Crippen molar-refractivity contribution >= 4 is 11.8 Å². The van der Waals surface area contributed by atoms with Gasteiger partial charge in [0.05, 0.1) is 0 Å². The number of rotatable bonds is 8. The number of nitrogens with zero attached hydrogens (tertiary/aromatic N) is 1. The van der Waals surface area contributed by atoms with Crippen LogP contribution in [0.4, 0.5) is 0 Å². The second kappa shape index (κ2) is 8.85. The molecule has 0 aliphatic rings. The summed E-state index contributed by atoms with van der Waals surface area (Å²) in [6, 6.07) is 0.743. The van der Waals surface area contributed by atoms with Crippen molar-refractivity contribution in [1.82, 2.24) is 4.90 Å². The molecule has 0 bridgehead atoms. The zero-order chi connectivity index (χ0) is 10.1. The first-order chi connectivity index (χ1) is 6.26. The molecule has 1 unspecified atom stereocenters. The Morgan fingerprint density at radius 2 is 2.08 bits per heavy atom. The molecule has 0 radical (unpaired) electrons. The molecule has 0 heterocycles. The molecule has 0 aromatic rings. The summed E-state index contributed by atoms with van der Waals surface area (Å²) in [5.41, 5.74) is 5.46. The van der Waals surface area contributed by atoms with E-state index < -0.39 is 0 Å². The highest BCUT2D eigenvalue weighted by molar-refractivity contribution is 7.98. The lowest BCUT2D eigenvalue weighted by Crippen LogP contribution is -2.34. The van der Waals surface area contributed by atoms with E-state index in [-0.39, 0.29) is 0 Å². The van der Waals surface area contributed by atoms with Gasteiger partial charge in [0.25, 0.3) is 0 Å². The average Bonchev–Trinajstić information content (AvgIpc) is 2.14. The van der Waals surface area contributed by atoms with Gasteiger partial charge in [0.1, 0.15) is 0 Å². The van der Waals surface area contributed by atoms with Crippen molar-refractivity contribution in [1.29, 1.82) is 0 Å². The zero-order valence-electron chi connectivity index (χ0n) is 9.25. The standard InChI is InChI=1S/C10H24N2S/c1-4-10(9-13-3)12(2)8-6-5-7-11/h10H,4-9,11H2,1-3H3. The van der Waals surface area contributed by atoms with E-state index in [1.54, 1.807) is 0 Å². The lowest BCUT2D eigenvalue weighted by molar-refractivity contribution is 0.251. The van der Waals surface area contributed by atoms with Gasteiger partial charge in [-0.2, -0.15) is 11.8 Å². The second-order valence-corrected chi connectivity index (χ2v) is 4.40. The molecule has 2 nitrogen and oxygen atoms in total. The third kappa shape index (κ3) is 6.36. The van der Waals surface area contributed by atoms with Crippen LogP contribution in [0.15, 0.2) is 0 Å². The molecule has 0 spiro atoms. The normalized spacial score (nSPS) is 13.6. The van der Waals surface area contributed by atoms with Crippen molar-refractivity contribution < 1.29 is 0 Å². The molecule has 0 saturated heterocycles. The molecule has 3 heteroatoms. The van der Waals surface area contributed by atoms with Crippen molar-refractivity contribution in [2.24, 2.45) is 5.73 Å². The van der Waals surface area contributed by atoms with Gasteiger partial charge in [0, 0.05) is 11.8 Å². The molecular weight excluding hydrogens is 180 g/mol. The van der Waals surface area contributed by atoms with Crippen LogP contribution in [0, 0.1) is 0 Å². The van der Waals surface area contributed by atoms with E-state index in [4.69, 9.17) is 5.73 Å². The van der Waals surface area contributed by atoms with Crippen LogP contribution in [-0.4, -0.2) is 43.1 Å². The van der Waals surface area contributed by atoms with Crippen LogP contribution < -0.4 is 5.73 Å². The Bertz CT molecular complexity index is 109. The van der Waals surface area contributed by atoms with Crippen molar-refractivity contribution in [3.63, 3.8) is 0 Å². The summed E-state index contributed by atoms with van der Waals surface area (Å²) in [6.45, 7) is 4.28. The third-order valence-corrected chi connectivity index (χ3v) is 3.14. The van der Waals surface area contributed by atoms with Crippen LogP contribution >= 0.6 is 11.8 Å². The van der Waals surface area contributed by atoms with E-state index in [1.807, 2.05) is 11.8 Å². The Balaban J connectivity index is 3.57. The summed E-state index contributed by atoms with van der Waals surface area (Å²) in [4.78, 5) is 2.46. The zero-order valence-corrected chi connectivity index (χ0v) is 10.1. The van der Waals surface area contributed by atoms with Gasteiger partial charge in [-0.15, -0.1) is 0 Å². The minimum Gasteiger partial charge on any atom is -0.330 e. The van der Waals surface area contributed by atoms with Gasteiger partial charge >= 0.3 is 0 Å². The summed E-state index contributed by atoms with van der Waals surface area (Å²) in [7, 11) is 2.22. The maximum Gasteiger partial charge on any atom is 0.0180 e. The molecule has 0 aromatic heterocycles. The quantitative estimate of drug-likeness (QED) is 0.611. The number of thioether (sulfide) groups is 1. The van der Waals surface area contributed by atoms with Gasteiger partial charge in [-0.05, 0) is 45.7 Å². The van der Waals surface area contributed by atoms with Crippen LogP contribution in [0.2, 0.25) is 0 Å². The average molecular weight is 204 g/mol. The van der Waals surface area contributed by atoms with Gasteiger partial charge in [0.15, 0.2) is 0 Å². The molecule has 0 aliphatic carbocycles. The fraction of sp³-hybridized carbons (Fsp3) is 1.00. The van der Waals surface area contributed by atoms with E-state index >= 15 is 0 Å². The molecule has 1 atom stereocenters. The molecule has 0 aromatic carbocycles. The molecule has 80 valence electrons. The molecule has 0 fully saturated rings. The predicted octanol–water partition coefficient (Wildman–Crippen LogP) is 1.80. The van der Waals surface area contributed by atoms with Crippen LogP contribution in [0.25, 0.3) is 0 Å². The van der Waals surface area contributed by atoms with Crippen LogP contribution in [-0.2, 0) is 0 Å².